The van der Waals surface area contributed by atoms with E-state index >= 15 is 0 Å². The van der Waals surface area contributed by atoms with E-state index in [-0.39, 0.29) is 17.5 Å². The van der Waals surface area contributed by atoms with Crippen LogP contribution in [0.2, 0.25) is 0 Å². The minimum atomic E-state index is -0.820. The number of fused-ring (bicyclic) bond motifs is 2. The van der Waals surface area contributed by atoms with Gasteiger partial charge in [0.1, 0.15) is 0 Å². The van der Waals surface area contributed by atoms with E-state index in [4.69, 9.17) is 0 Å². The summed E-state index contributed by atoms with van der Waals surface area (Å²) in [4.78, 5) is 22.6. The van der Waals surface area contributed by atoms with Gasteiger partial charge in [-0.15, -0.1) is 0 Å². The van der Waals surface area contributed by atoms with Crippen molar-refractivity contribution in [2.45, 2.75) is 17.8 Å². The Morgan fingerprint density at radius 3 is 2.40 bits per heavy atom. The lowest BCUT2D eigenvalue weighted by molar-refractivity contribution is -0.384. The van der Waals surface area contributed by atoms with Crippen molar-refractivity contribution in [2.24, 2.45) is 11.8 Å². The van der Waals surface area contributed by atoms with E-state index in [0.29, 0.717) is 0 Å². The number of non-ortho nitro benzene ring substituents is 1. The average molecular weight is 335 g/mol. The van der Waals surface area contributed by atoms with Gasteiger partial charge in [0.05, 0.1) is 10.8 Å². The SMILES string of the molecule is O=C(O)C1C(c2ccccc2)C2C=CC1(c1ccc([N+](=O)[O-])cc1)C2. The minimum Gasteiger partial charge on any atom is -0.481 e. The molecule has 4 unspecified atom stereocenters. The maximum absolute atomic E-state index is 12.2. The van der Waals surface area contributed by atoms with Gasteiger partial charge in [0, 0.05) is 23.5 Å². The van der Waals surface area contributed by atoms with E-state index < -0.39 is 22.2 Å². The van der Waals surface area contributed by atoms with Crippen molar-refractivity contribution >= 4 is 11.7 Å². The van der Waals surface area contributed by atoms with Gasteiger partial charge in [-0.3, -0.25) is 14.9 Å². The summed E-state index contributed by atoms with van der Waals surface area (Å²) in [5, 5.41) is 20.9. The van der Waals surface area contributed by atoms with Crippen LogP contribution in [0.1, 0.15) is 23.5 Å². The highest BCUT2D eigenvalue weighted by atomic mass is 16.6. The van der Waals surface area contributed by atoms with Crippen LogP contribution in [0.5, 0.6) is 0 Å². The summed E-state index contributed by atoms with van der Waals surface area (Å²) in [5.41, 5.74) is 1.28. The quantitative estimate of drug-likeness (QED) is 0.522. The van der Waals surface area contributed by atoms with Gasteiger partial charge in [0.25, 0.3) is 5.69 Å². The number of carboxylic acids is 1. The molecule has 0 aliphatic heterocycles. The molecule has 1 N–H and O–H groups in total. The molecule has 126 valence electrons. The van der Waals surface area contributed by atoms with E-state index in [1.165, 1.54) is 12.1 Å². The van der Waals surface area contributed by atoms with Crippen LogP contribution in [0.15, 0.2) is 66.7 Å². The van der Waals surface area contributed by atoms with Gasteiger partial charge in [-0.2, -0.15) is 0 Å². The number of nitro benzene ring substituents is 1. The summed E-state index contributed by atoms with van der Waals surface area (Å²) in [6.07, 6.45) is 4.83. The predicted molar refractivity (Wildman–Crippen MR) is 92.3 cm³/mol. The molecule has 0 heterocycles. The monoisotopic (exact) mass is 335 g/mol. The zero-order valence-corrected chi connectivity index (χ0v) is 13.4. The molecule has 2 aliphatic carbocycles. The molecule has 2 aromatic rings. The fourth-order valence-electron chi connectivity index (χ4n) is 4.64. The largest absolute Gasteiger partial charge is 0.481 e. The molecule has 0 spiro atoms. The lowest BCUT2D eigenvalue weighted by atomic mass is 9.68. The van der Waals surface area contributed by atoms with E-state index in [0.717, 1.165) is 17.5 Å². The normalized spacial score (nSPS) is 29.7. The standard InChI is InChI=1S/C20H17NO4/c22-19(23)18-17(13-4-2-1-3-5-13)14-10-11-20(18,12-14)15-6-8-16(9-7-15)21(24)25/h1-11,14,17-18H,12H2,(H,22,23). The van der Waals surface area contributed by atoms with Gasteiger partial charge in [0.2, 0.25) is 0 Å². The van der Waals surface area contributed by atoms with Crippen LogP contribution in [-0.4, -0.2) is 16.0 Å². The molecule has 0 aromatic heterocycles. The first-order chi connectivity index (χ1) is 12.0. The highest BCUT2D eigenvalue weighted by Gasteiger charge is 2.59. The Hall–Kier alpha value is -2.95. The fraction of sp³-hybridized carbons (Fsp3) is 0.250. The van der Waals surface area contributed by atoms with Gasteiger partial charge >= 0.3 is 5.97 Å². The maximum atomic E-state index is 12.2. The van der Waals surface area contributed by atoms with Crippen LogP contribution in [0.25, 0.3) is 0 Å². The van der Waals surface area contributed by atoms with Crippen LogP contribution in [0.4, 0.5) is 5.69 Å². The lowest BCUT2D eigenvalue weighted by Crippen LogP contribution is -2.37. The van der Waals surface area contributed by atoms with E-state index in [1.807, 2.05) is 36.4 Å². The molecule has 1 fully saturated rings. The zero-order chi connectivity index (χ0) is 17.6. The number of hydrogen-bond donors (Lipinski definition) is 1. The summed E-state index contributed by atoms with van der Waals surface area (Å²) < 4.78 is 0. The van der Waals surface area contributed by atoms with Crippen molar-refractivity contribution in [1.29, 1.82) is 0 Å². The first kappa shape index (κ1) is 15.6. The number of nitro groups is 1. The van der Waals surface area contributed by atoms with E-state index in [9.17, 15) is 20.0 Å². The number of hydrogen-bond acceptors (Lipinski definition) is 3. The molecule has 2 aromatic carbocycles. The number of allylic oxidation sites excluding steroid dienone is 2. The van der Waals surface area contributed by atoms with Gasteiger partial charge in [-0.25, -0.2) is 0 Å². The highest BCUT2D eigenvalue weighted by molar-refractivity contribution is 5.77. The van der Waals surface area contributed by atoms with Crippen molar-refractivity contribution < 1.29 is 14.8 Å². The first-order valence-corrected chi connectivity index (χ1v) is 8.25. The van der Waals surface area contributed by atoms with Crippen LogP contribution in [-0.2, 0) is 10.2 Å². The molecule has 25 heavy (non-hydrogen) atoms. The van der Waals surface area contributed by atoms with Crippen molar-refractivity contribution in [3.63, 3.8) is 0 Å². The summed E-state index contributed by atoms with van der Waals surface area (Å²) in [6, 6.07) is 16.1. The first-order valence-electron chi connectivity index (χ1n) is 8.25. The van der Waals surface area contributed by atoms with E-state index in [2.05, 4.69) is 6.08 Å². The van der Waals surface area contributed by atoms with Gasteiger partial charge in [0.15, 0.2) is 0 Å². The third kappa shape index (κ3) is 2.27. The second kappa shape index (κ2) is 5.55. The number of carboxylic acid groups (broad SMARTS) is 1. The molecule has 2 bridgehead atoms. The van der Waals surface area contributed by atoms with Crippen LogP contribution >= 0.6 is 0 Å². The molecule has 0 saturated heterocycles. The number of aliphatic carboxylic acids is 1. The predicted octanol–water partition coefficient (Wildman–Crippen LogP) is 3.91. The van der Waals surface area contributed by atoms with Crippen LogP contribution in [0.3, 0.4) is 0 Å². The Bertz CT molecular complexity index is 859. The minimum absolute atomic E-state index is 0.0168. The molecule has 1 saturated carbocycles. The molecule has 5 heteroatoms. The molecule has 4 atom stereocenters. The topological polar surface area (TPSA) is 80.4 Å². The number of nitrogens with zero attached hydrogens (tertiary/aromatic N) is 1. The highest BCUT2D eigenvalue weighted by Crippen LogP contribution is 2.61. The molecule has 5 nitrogen and oxygen atoms in total. The number of carbonyl (C=O) groups is 1. The second-order valence-electron chi connectivity index (χ2n) is 6.82. The van der Waals surface area contributed by atoms with Gasteiger partial charge < -0.3 is 5.11 Å². The summed E-state index contributed by atoms with van der Waals surface area (Å²) >= 11 is 0. The smallest absolute Gasteiger partial charge is 0.308 e. The Morgan fingerprint density at radius 1 is 1.12 bits per heavy atom. The Morgan fingerprint density at radius 2 is 1.80 bits per heavy atom. The maximum Gasteiger partial charge on any atom is 0.308 e. The Kier molecular flexibility index (Phi) is 3.46. The fourth-order valence-corrected chi connectivity index (χ4v) is 4.64. The van der Waals surface area contributed by atoms with Crippen molar-refractivity contribution in [3.05, 3.63) is 88.0 Å². The van der Waals surface area contributed by atoms with Crippen LogP contribution < -0.4 is 0 Å². The summed E-state index contributed by atoms with van der Waals surface area (Å²) in [7, 11) is 0. The molecular formula is C20H17NO4. The van der Waals surface area contributed by atoms with Gasteiger partial charge in [-0.1, -0.05) is 54.6 Å². The lowest BCUT2D eigenvalue weighted by Gasteiger charge is -2.34. The number of rotatable bonds is 4. The third-order valence-corrected chi connectivity index (χ3v) is 5.66. The molecule has 0 radical (unpaired) electrons. The average Bonchev–Trinajstić information content (AvgIpc) is 3.20. The Balaban J connectivity index is 1.80. The summed E-state index contributed by atoms with van der Waals surface area (Å²) in [6.45, 7) is 0. The molecule has 4 rings (SSSR count). The molecule has 2 aliphatic rings. The molecular weight excluding hydrogens is 318 g/mol. The van der Waals surface area contributed by atoms with Crippen molar-refractivity contribution in [1.82, 2.24) is 0 Å². The second-order valence-corrected chi connectivity index (χ2v) is 6.82. The Labute approximate surface area is 144 Å². The summed E-state index contributed by atoms with van der Waals surface area (Å²) in [5.74, 6) is -1.32. The van der Waals surface area contributed by atoms with Gasteiger partial charge in [-0.05, 0) is 23.5 Å². The third-order valence-electron chi connectivity index (χ3n) is 5.66. The van der Waals surface area contributed by atoms with Crippen molar-refractivity contribution in [3.8, 4) is 0 Å². The zero-order valence-electron chi connectivity index (χ0n) is 13.4. The van der Waals surface area contributed by atoms with E-state index in [1.54, 1.807) is 12.1 Å². The van der Waals surface area contributed by atoms with Crippen molar-refractivity contribution in [2.75, 3.05) is 0 Å². The van der Waals surface area contributed by atoms with Crippen LogP contribution in [0, 0.1) is 22.0 Å². The molecule has 0 amide bonds. The number of benzene rings is 2.